The Bertz CT molecular complexity index is 519. The summed E-state index contributed by atoms with van der Waals surface area (Å²) in [5.41, 5.74) is 11.0. The van der Waals surface area contributed by atoms with Crippen molar-refractivity contribution in [1.29, 1.82) is 0 Å². The van der Waals surface area contributed by atoms with Crippen molar-refractivity contribution >= 4 is 11.5 Å². The third kappa shape index (κ3) is 2.37. The Balaban J connectivity index is 2.36. The second kappa shape index (κ2) is 4.94. The van der Waals surface area contributed by atoms with Gasteiger partial charge in [-0.25, -0.2) is 0 Å². The highest BCUT2D eigenvalue weighted by atomic mass is 32.1. The van der Waals surface area contributed by atoms with Crippen molar-refractivity contribution in [1.82, 2.24) is 9.59 Å². The van der Waals surface area contributed by atoms with Crippen LogP contribution in [0, 0.1) is 13.8 Å². The zero-order valence-corrected chi connectivity index (χ0v) is 11.2. The summed E-state index contributed by atoms with van der Waals surface area (Å²) in [5, 5.41) is 4.11. The van der Waals surface area contributed by atoms with Gasteiger partial charge in [0.1, 0.15) is 0 Å². The van der Waals surface area contributed by atoms with E-state index in [2.05, 4.69) is 48.6 Å². The molecule has 0 saturated heterocycles. The zero-order chi connectivity index (χ0) is 12.4. The normalized spacial score (nSPS) is 12.7. The maximum Gasteiger partial charge on any atom is 0.0804 e. The van der Waals surface area contributed by atoms with Gasteiger partial charge in [0.2, 0.25) is 0 Å². The van der Waals surface area contributed by atoms with Crippen LogP contribution in [0.2, 0.25) is 0 Å². The number of benzene rings is 1. The van der Waals surface area contributed by atoms with Gasteiger partial charge in [0, 0.05) is 0 Å². The molecule has 0 bridgehead atoms. The predicted molar refractivity (Wildman–Crippen MR) is 71.2 cm³/mol. The summed E-state index contributed by atoms with van der Waals surface area (Å²) in [6, 6.07) is 6.25. The van der Waals surface area contributed by atoms with Gasteiger partial charge in [-0.05, 0) is 48.5 Å². The maximum atomic E-state index is 6.29. The largest absolute Gasteiger partial charge is 0.320 e. The number of nitrogens with two attached hydrogens (primary N) is 1. The molecular weight excluding hydrogens is 230 g/mol. The molecule has 1 aromatic carbocycles. The zero-order valence-electron chi connectivity index (χ0n) is 10.4. The molecule has 3 nitrogen and oxygen atoms in total. The van der Waals surface area contributed by atoms with Crippen molar-refractivity contribution in [2.75, 3.05) is 0 Å². The highest BCUT2D eigenvalue weighted by Crippen LogP contribution is 2.26. The van der Waals surface area contributed by atoms with Crippen molar-refractivity contribution in [3.05, 3.63) is 45.5 Å². The average Bonchev–Trinajstić information content (AvgIpc) is 2.80. The average molecular weight is 247 g/mol. The monoisotopic (exact) mass is 247 g/mol. The van der Waals surface area contributed by atoms with Crippen molar-refractivity contribution in [3.8, 4) is 0 Å². The lowest BCUT2D eigenvalue weighted by molar-refractivity contribution is 0.851. The summed E-state index contributed by atoms with van der Waals surface area (Å²) in [7, 11) is 0. The molecule has 2 aromatic rings. The molecule has 0 amide bonds. The highest BCUT2D eigenvalue weighted by Gasteiger charge is 2.16. The van der Waals surface area contributed by atoms with Crippen LogP contribution in [0.3, 0.4) is 0 Å². The van der Waals surface area contributed by atoms with E-state index in [1.807, 2.05) is 0 Å². The lowest BCUT2D eigenvalue weighted by atomic mass is 9.99. The third-order valence-corrected chi connectivity index (χ3v) is 3.94. The molecule has 0 aliphatic carbocycles. The molecular formula is C13H17N3S. The first-order valence-corrected chi connectivity index (χ1v) is 6.54. The van der Waals surface area contributed by atoms with Crippen molar-refractivity contribution in [3.63, 3.8) is 0 Å². The molecule has 2 N–H and O–H groups in total. The smallest absolute Gasteiger partial charge is 0.0804 e. The van der Waals surface area contributed by atoms with E-state index in [-0.39, 0.29) is 6.04 Å². The molecule has 0 spiro atoms. The summed E-state index contributed by atoms with van der Waals surface area (Å²) < 4.78 is 3.99. The molecule has 1 unspecified atom stereocenters. The van der Waals surface area contributed by atoms with Crippen LogP contribution >= 0.6 is 11.5 Å². The standard InChI is InChI=1S/C13H17N3S/c1-4-11-13(17-16-15-11)12(14)10-6-5-8(2)9(3)7-10/h5-7,12H,4,14H2,1-3H3. The van der Waals surface area contributed by atoms with Gasteiger partial charge < -0.3 is 5.73 Å². The van der Waals surface area contributed by atoms with Gasteiger partial charge in [0.05, 0.1) is 16.6 Å². The van der Waals surface area contributed by atoms with Gasteiger partial charge in [0.25, 0.3) is 0 Å². The molecule has 1 aromatic heterocycles. The Morgan fingerprint density at radius 2 is 2.06 bits per heavy atom. The van der Waals surface area contributed by atoms with Crippen LogP contribution in [0.25, 0.3) is 0 Å². The predicted octanol–water partition coefficient (Wildman–Crippen LogP) is 2.77. The van der Waals surface area contributed by atoms with E-state index in [0.29, 0.717) is 0 Å². The van der Waals surface area contributed by atoms with Gasteiger partial charge in [-0.3, -0.25) is 0 Å². The van der Waals surface area contributed by atoms with Crippen LogP contribution < -0.4 is 5.73 Å². The Morgan fingerprint density at radius 3 is 2.71 bits per heavy atom. The summed E-state index contributed by atoms with van der Waals surface area (Å²) in [6.07, 6.45) is 0.879. The summed E-state index contributed by atoms with van der Waals surface area (Å²) in [4.78, 5) is 1.08. The number of aromatic nitrogens is 2. The van der Waals surface area contributed by atoms with Crippen LogP contribution in [0.15, 0.2) is 18.2 Å². The van der Waals surface area contributed by atoms with Crippen molar-refractivity contribution in [2.24, 2.45) is 5.73 Å². The van der Waals surface area contributed by atoms with Gasteiger partial charge in [-0.15, -0.1) is 5.10 Å². The number of hydrogen-bond acceptors (Lipinski definition) is 4. The molecule has 1 atom stereocenters. The highest BCUT2D eigenvalue weighted by molar-refractivity contribution is 7.05. The quantitative estimate of drug-likeness (QED) is 0.907. The molecule has 0 radical (unpaired) electrons. The van der Waals surface area contributed by atoms with Gasteiger partial charge >= 0.3 is 0 Å². The van der Waals surface area contributed by atoms with E-state index in [1.54, 1.807) is 0 Å². The number of rotatable bonds is 3. The van der Waals surface area contributed by atoms with Gasteiger partial charge in [-0.2, -0.15) is 0 Å². The van der Waals surface area contributed by atoms with E-state index >= 15 is 0 Å². The minimum absolute atomic E-state index is 0.107. The Hall–Kier alpha value is -1.26. The second-order valence-electron chi connectivity index (χ2n) is 4.26. The van der Waals surface area contributed by atoms with E-state index in [4.69, 9.17) is 5.73 Å². The molecule has 0 fully saturated rings. The molecule has 0 aliphatic rings. The Morgan fingerprint density at radius 1 is 1.29 bits per heavy atom. The molecule has 90 valence electrons. The van der Waals surface area contributed by atoms with Crippen LogP contribution in [0.1, 0.15) is 40.2 Å². The first-order chi connectivity index (χ1) is 8.13. The van der Waals surface area contributed by atoms with E-state index in [1.165, 1.54) is 22.7 Å². The first kappa shape index (κ1) is 12.2. The molecule has 4 heteroatoms. The van der Waals surface area contributed by atoms with E-state index < -0.39 is 0 Å². The van der Waals surface area contributed by atoms with Crippen molar-refractivity contribution < 1.29 is 0 Å². The fraction of sp³-hybridized carbons (Fsp3) is 0.385. The summed E-state index contributed by atoms with van der Waals surface area (Å²) >= 11 is 1.40. The molecule has 17 heavy (non-hydrogen) atoms. The van der Waals surface area contributed by atoms with Crippen LogP contribution in [-0.4, -0.2) is 9.59 Å². The molecule has 0 saturated carbocycles. The van der Waals surface area contributed by atoms with Gasteiger partial charge in [0.15, 0.2) is 0 Å². The Labute approximate surface area is 106 Å². The fourth-order valence-corrected chi connectivity index (χ4v) is 2.57. The topological polar surface area (TPSA) is 51.8 Å². The number of aryl methyl sites for hydroxylation is 3. The number of nitrogens with zero attached hydrogens (tertiary/aromatic N) is 2. The molecule has 0 aliphatic heterocycles. The fourth-order valence-electron chi connectivity index (χ4n) is 1.81. The molecule has 1 heterocycles. The summed E-state index contributed by atoms with van der Waals surface area (Å²) in [6.45, 7) is 6.29. The van der Waals surface area contributed by atoms with Crippen molar-refractivity contribution in [2.45, 2.75) is 33.2 Å². The first-order valence-electron chi connectivity index (χ1n) is 5.77. The Kier molecular flexibility index (Phi) is 3.54. The third-order valence-electron chi connectivity index (χ3n) is 3.09. The second-order valence-corrected chi connectivity index (χ2v) is 5.04. The lowest BCUT2D eigenvalue weighted by Crippen LogP contribution is -2.12. The van der Waals surface area contributed by atoms with Crippen LogP contribution in [-0.2, 0) is 6.42 Å². The molecule has 2 rings (SSSR count). The van der Waals surface area contributed by atoms with Crippen LogP contribution in [0.4, 0.5) is 0 Å². The lowest BCUT2D eigenvalue weighted by Gasteiger charge is -2.12. The minimum atomic E-state index is -0.107. The number of hydrogen-bond donors (Lipinski definition) is 1. The van der Waals surface area contributed by atoms with Gasteiger partial charge in [-0.1, -0.05) is 29.6 Å². The van der Waals surface area contributed by atoms with Crippen LogP contribution in [0.5, 0.6) is 0 Å². The maximum absolute atomic E-state index is 6.29. The summed E-state index contributed by atoms with van der Waals surface area (Å²) in [5.74, 6) is 0. The van der Waals surface area contributed by atoms with E-state index in [0.717, 1.165) is 22.6 Å². The minimum Gasteiger partial charge on any atom is -0.320 e. The van der Waals surface area contributed by atoms with E-state index in [9.17, 15) is 0 Å². The SMILES string of the molecule is CCc1nnsc1C(N)c1ccc(C)c(C)c1.